The minimum atomic E-state index is -0.264. The number of allylic oxidation sites excluding steroid dienone is 1. The summed E-state index contributed by atoms with van der Waals surface area (Å²) in [5, 5.41) is 9.71. The highest BCUT2D eigenvalue weighted by Gasteiger charge is 2.16. The molecule has 0 aliphatic carbocycles. The SMILES string of the molecule is C=CCn1c(=O)c2ccccc2n2c(SCc3cccc(F)c3)nnc12. The molecule has 0 N–H and O–H groups in total. The first kappa shape index (κ1) is 16.5. The monoisotopic (exact) mass is 366 g/mol. The van der Waals surface area contributed by atoms with Crippen LogP contribution in [0.15, 0.2) is 71.1 Å². The van der Waals surface area contributed by atoms with Crippen LogP contribution in [0.25, 0.3) is 16.7 Å². The minimum absolute atomic E-state index is 0.123. The highest BCUT2D eigenvalue weighted by Crippen LogP contribution is 2.24. The molecule has 0 spiro atoms. The lowest BCUT2D eigenvalue weighted by Crippen LogP contribution is -2.22. The third-order valence-corrected chi connectivity index (χ3v) is 5.05. The second kappa shape index (κ2) is 6.76. The Kier molecular flexibility index (Phi) is 4.30. The van der Waals surface area contributed by atoms with E-state index >= 15 is 0 Å². The number of nitrogens with zero attached hydrogens (tertiary/aromatic N) is 4. The summed E-state index contributed by atoms with van der Waals surface area (Å²) in [6.45, 7) is 4.06. The first-order valence-electron chi connectivity index (χ1n) is 8.04. The van der Waals surface area contributed by atoms with Crippen LogP contribution in [0.1, 0.15) is 5.56 Å². The molecule has 0 saturated carbocycles. The van der Waals surface area contributed by atoms with E-state index in [1.165, 1.54) is 23.9 Å². The molecule has 5 nitrogen and oxygen atoms in total. The van der Waals surface area contributed by atoms with E-state index in [-0.39, 0.29) is 11.4 Å². The molecule has 2 aromatic carbocycles. The van der Waals surface area contributed by atoms with Gasteiger partial charge in [-0.25, -0.2) is 4.39 Å². The van der Waals surface area contributed by atoms with Gasteiger partial charge in [-0.15, -0.1) is 16.8 Å². The minimum Gasteiger partial charge on any atom is -0.272 e. The molecule has 0 unspecified atom stereocenters. The Balaban J connectivity index is 1.86. The smallest absolute Gasteiger partial charge is 0.263 e. The molecule has 130 valence electrons. The van der Waals surface area contributed by atoms with E-state index in [4.69, 9.17) is 0 Å². The van der Waals surface area contributed by atoms with Crippen molar-refractivity contribution in [2.75, 3.05) is 0 Å². The Labute approximate surface area is 152 Å². The van der Waals surface area contributed by atoms with Gasteiger partial charge in [0.25, 0.3) is 5.56 Å². The van der Waals surface area contributed by atoms with Crippen LogP contribution in [0.3, 0.4) is 0 Å². The molecule has 4 rings (SSSR count). The number of para-hydroxylation sites is 1. The molecule has 2 aromatic heterocycles. The van der Waals surface area contributed by atoms with Crippen LogP contribution in [0.2, 0.25) is 0 Å². The van der Waals surface area contributed by atoms with E-state index in [0.29, 0.717) is 28.6 Å². The Morgan fingerprint density at radius 3 is 2.81 bits per heavy atom. The summed E-state index contributed by atoms with van der Waals surface area (Å²) in [5.74, 6) is 0.753. The zero-order valence-corrected chi connectivity index (χ0v) is 14.6. The molecule has 4 aromatic rings. The van der Waals surface area contributed by atoms with Crippen molar-refractivity contribution in [2.24, 2.45) is 0 Å². The zero-order valence-electron chi connectivity index (χ0n) is 13.8. The van der Waals surface area contributed by atoms with Gasteiger partial charge in [0.2, 0.25) is 5.78 Å². The number of hydrogen-bond donors (Lipinski definition) is 0. The fourth-order valence-electron chi connectivity index (χ4n) is 2.90. The Morgan fingerprint density at radius 2 is 2.00 bits per heavy atom. The fourth-order valence-corrected chi connectivity index (χ4v) is 3.78. The van der Waals surface area contributed by atoms with E-state index in [1.54, 1.807) is 22.8 Å². The molecular weight excluding hydrogens is 351 g/mol. The van der Waals surface area contributed by atoms with Gasteiger partial charge in [-0.05, 0) is 29.8 Å². The molecule has 0 amide bonds. The van der Waals surface area contributed by atoms with Crippen molar-refractivity contribution in [3.63, 3.8) is 0 Å². The Bertz CT molecular complexity index is 1180. The first-order chi connectivity index (χ1) is 12.7. The molecule has 0 bridgehead atoms. The number of aromatic nitrogens is 4. The third-order valence-electron chi connectivity index (χ3n) is 4.05. The van der Waals surface area contributed by atoms with Crippen LogP contribution < -0.4 is 5.56 Å². The van der Waals surface area contributed by atoms with Crippen LogP contribution >= 0.6 is 11.8 Å². The first-order valence-corrected chi connectivity index (χ1v) is 9.02. The fraction of sp³-hybridized carbons (Fsp3) is 0.105. The maximum atomic E-state index is 13.4. The van der Waals surface area contributed by atoms with E-state index in [2.05, 4.69) is 16.8 Å². The van der Waals surface area contributed by atoms with Crippen LogP contribution in [0, 0.1) is 5.82 Å². The maximum absolute atomic E-state index is 13.4. The second-order valence-electron chi connectivity index (χ2n) is 5.76. The lowest BCUT2D eigenvalue weighted by atomic mass is 10.2. The van der Waals surface area contributed by atoms with Gasteiger partial charge in [0, 0.05) is 12.3 Å². The number of halogens is 1. The number of rotatable bonds is 5. The van der Waals surface area contributed by atoms with Crippen molar-refractivity contribution < 1.29 is 4.39 Å². The number of fused-ring (bicyclic) bond motifs is 3. The third kappa shape index (κ3) is 2.80. The highest BCUT2D eigenvalue weighted by molar-refractivity contribution is 7.98. The molecular formula is C19H15FN4OS. The van der Waals surface area contributed by atoms with Crippen LogP contribution in [0.5, 0.6) is 0 Å². The molecule has 0 aliphatic rings. The van der Waals surface area contributed by atoms with E-state index < -0.39 is 0 Å². The summed E-state index contributed by atoms with van der Waals surface area (Å²) in [6, 6.07) is 13.8. The van der Waals surface area contributed by atoms with Gasteiger partial charge in [-0.3, -0.25) is 13.8 Å². The van der Waals surface area contributed by atoms with Gasteiger partial charge < -0.3 is 0 Å². The van der Waals surface area contributed by atoms with Gasteiger partial charge in [0.1, 0.15) is 5.82 Å². The highest BCUT2D eigenvalue weighted by atomic mass is 32.2. The average molecular weight is 366 g/mol. The van der Waals surface area contributed by atoms with Gasteiger partial charge in [0.15, 0.2) is 5.16 Å². The van der Waals surface area contributed by atoms with Gasteiger partial charge >= 0.3 is 0 Å². The molecule has 26 heavy (non-hydrogen) atoms. The van der Waals surface area contributed by atoms with Crippen molar-refractivity contribution in [3.8, 4) is 0 Å². The largest absolute Gasteiger partial charge is 0.272 e. The number of thioether (sulfide) groups is 1. The molecule has 0 fully saturated rings. The lowest BCUT2D eigenvalue weighted by molar-refractivity contribution is 0.626. The summed E-state index contributed by atoms with van der Waals surface area (Å²) in [5.41, 5.74) is 1.48. The van der Waals surface area contributed by atoms with Crippen molar-refractivity contribution in [2.45, 2.75) is 17.5 Å². The van der Waals surface area contributed by atoms with Crippen LogP contribution in [-0.2, 0) is 12.3 Å². The Morgan fingerprint density at radius 1 is 1.15 bits per heavy atom. The standard InChI is InChI=1S/C19H15FN4OS/c1-2-10-23-17(25)15-8-3-4-9-16(15)24-18(23)21-22-19(24)26-12-13-6-5-7-14(20)11-13/h2-9,11H,1,10,12H2. The predicted molar refractivity (Wildman–Crippen MR) is 101 cm³/mol. The van der Waals surface area contributed by atoms with Crippen LogP contribution in [-0.4, -0.2) is 19.2 Å². The van der Waals surface area contributed by atoms with Crippen molar-refractivity contribution >= 4 is 28.4 Å². The molecule has 0 radical (unpaired) electrons. The number of hydrogen-bond acceptors (Lipinski definition) is 4. The summed E-state index contributed by atoms with van der Waals surface area (Å²) < 4.78 is 16.8. The average Bonchev–Trinajstić information content (AvgIpc) is 3.07. The maximum Gasteiger partial charge on any atom is 0.263 e. The second-order valence-corrected chi connectivity index (χ2v) is 6.70. The van der Waals surface area contributed by atoms with Crippen LogP contribution in [0.4, 0.5) is 4.39 Å². The molecule has 0 aliphatic heterocycles. The summed E-state index contributed by atoms with van der Waals surface area (Å²) in [7, 11) is 0. The van der Waals surface area contributed by atoms with Crippen molar-refractivity contribution in [3.05, 3.63) is 82.9 Å². The molecule has 7 heteroatoms. The summed E-state index contributed by atoms with van der Waals surface area (Å²) in [4.78, 5) is 12.7. The van der Waals surface area contributed by atoms with Gasteiger partial charge in [0.05, 0.1) is 10.9 Å². The molecule has 2 heterocycles. The number of benzene rings is 2. The summed E-state index contributed by atoms with van der Waals surface area (Å²) in [6.07, 6.45) is 1.66. The van der Waals surface area contributed by atoms with Crippen molar-refractivity contribution in [1.82, 2.24) is 19.2 Å². The normalized spacial score (nSPS) is 11.3. The summed E-state index contributed by atoms with van der Waals surface area (Å²) >= 11 is 1.45. The lowest BCUT2D eigenvalue weighted by Gasteiger charge is -2.09. The molecule has 0 saturated heterocycles. The quantitative estimate of drug-likeness (QED) is 0.400. The van der Waals surface area contributed by atoms with E-state index in [0.717, 1.165) is 11.1 Å². The molecule has 0 atom stereocenters. The predicted octanol–water partition coefficient (Wildman–Crippen LogP) is 3.66. The van der Waals surface area contributed by atoms with Gasteiger partial charge in [-0.1, -0.05) is 42.1 Å². The van der Waals surface area contributed by atoms with Gasteiger partial charge in [-0.2, -0.15) is 0 Å². The van der Waals surface area contributed by atoms with Crippen molar-refractivity contribution in [1.29, 1.82) is 0 Å². The topological polar surface area (TPSA) is 52.2 Å². The van der Waals surface area contributed by atoms with E-state index in [9.17, 15) is 9.18 Å². The zero-order chi connectivity index (χ0) is 18.1. The van der Waals surface area contributed by atoms with E-state index in [1.807, 2.05) is 28.7 Å². The Hall–Kier alpha value is -2.93.